The van der Waals surface area contributed by atoms with Crippen molar-refractivity contribution in [2.45, 2.75) is 56.4 Å². The fraction of sp³-hybridized carbons (Fsp3) is 0.550. The first-order valence-electron chi connectivity index (χ1n) is 8.65. The highest BCUT2D eigenvalue weighted by Gasteiger charge is 2.42. The molecule has 1 aliphatic rings. The van der Waals surface area contributed by atoms with Crippen molar-refractivity contribution in [3.8, 4) is 11.8 Å². The highest BCUT2D eigenvalue weighted by Crippen LogP contribution is 2.39. The number of ether oxygens (including phenoxy) is 1. The first kappa shape index (κ1) is 18.5. The van der Waals surface area contributed by atoms with Gasteiger partial charge in [-0.25, -0.2) is 0 Å². The van der Waals surface area contributed by atoms with Crippen LogP contribution in [-0.4, -0.2) is 30.3 Å². The van der Waals surface area contributed by atoms with Gasteiger partial charge in [-0.3, -0.25) is 4.79 Å². The highest BCUT2D eigenvalue weighted by molar-refractivity contribution is 5.79. The third kappa shape index (κ3) is 5.09. The van der Waals surface area contributed by atoms with E-state index >= 15 is 0 Å². The Labute approximate surface area is 144 Å². The van der Waals surface area contributed by atoms with Crippen molar-refractivity contribution in [2.75, 3.05) is 13.7 Å². The second kappa shape index (κ2) is 8.86. The Balaban J connectivity index is 1.83. The van der Waals surface area contributed by atoms with Gasteiger partial charge in [-0.05, 0) is 55.7 Å². The molecular formula is C20H27NO3. The molecule has 0 spiro atoms. The number of carboxylic acids is 1. The van der Waals surface area contributed by atoms with Crippen LogP contribution in [0.1, 0.15) is 62.0 Å². The van der Waals surface area contributed by atoms with Gasteiger partial charge in [0.15, 0.2) is 0 Å². The molecule has 2 atom stereocenters. The van der Waals surface area contributed by atoms with Crippen molar-refractivity contribution in [3.63, 3.8) is 0 Å². The van der Waals surface area contributed by atoms with Gasteiger partial charge in [0.2, 0.25) is 0 Å². The van der Waals surface area contributed by atoms with Crippen molar-refractivity contribution >= 4 is 5.97 Å². The van der Waals surface area contributed by atoms with E-state index in [-0.39, 0.29) is 5.92 Å². The third-order valence-corrected chi connectivity index (χ3v) is 4.74. The van der Waals surface area contributed by atoms with Crippen LogP contribution >= 0.6 is 0 Å². The number of methoxy groups -OCH3 is 1. The van der Waals surface area contributed by atoms with E-state index in [0.29, 0.717) is 12.8 Å². The number of hydrogen-bond acceptors (Lipinski definition) is 3. The van der Waals surface area contributed by atoms with E-state index in [0.717, 1.165) is 49.8 Å². The summed E-state index contributed by atoms with van der Waals surface area (Å²) in [5.41, 5.74) is 7.06. The predicted molar refractivity (Wildman–Crippen MR) is 94.8 cm³/mol. The van der Waals surface area contributed by atoms with Crippen LogP contribution in [0.3, 0.4) is 0 Å². The Morgan fingerprint density at radius 2 is 2.08 bits per heavy atom. The maximum absolute atomic E-state index is 11.2. The Morgan fingerprint density at radius 1 is 1.33 bits per heavy atom. The van der Waals surface area contributed by atoms with Gasteiger partial charge in [0.1, 0.15) is 5.54 Å². The molecule has 2 rings (SSSR count). The number of benzene rings is 1. The summed E-state index contributed by atoms with van der Waals surface area (Å²) in [6.07, 6.45) is 6.12. The number of unbranched alkanes of at least 4 members (excludes halogenated alkanes) is 3. The monoisotopic (exact) mass is 329 g/mol. The Bertz CT molecular complexity index is 600. The molecule has 0 heterocycles. The van der Waals surface area contributed by atoms with Gasteiger partial charge in [0.25, 0.3) is 0 Å². The van der Waals surface area contributed by atoms with E-state index in [2.05, 4.69) is 24.0 Å². The van der Waals surface area contributed by atoms with Gasteiger partial charge < -0.3 is 15.6 Å². The zero-order valence-electron chi connectivity index (χ0n) is 14.4. The fourth-order valence-electron chi connectivity index (χ4n) is 3.19. The van der Waals surface area contributed by atoms with E-state index in [4.69, 9.17) is 10.5 Å². The summed E-state index contributed by atoms with van der Waals surface area (Å²) in [5.74, 6) is 5.73. The zero-order valence-corrected chi connectivity index (χ0v) is 14.4. The summed E-state index contributed by atoms with van der Waals surface area (Å²) < 4.78 is 5.02. The van der Waals surface area contributed by atoms with Gasteiger partial charge >= 0.3 is 5.97 Å². The molecule has 0 radical (unpaired) electrons. The zero-order chi connectivity index (χ0) is 17.4. The molecule has 0 amide bonds. The van der Waals surface area contributed by atoms with Crippen LogP contribution in [0.4, 0.5) is 0 Å². The SMILES string of the molecule is COCCCCCC#Cc1ccc([C@H]2CC[C@](N)(C(=O)O)C2)cc1. The summed E-state index contributed by atoms with van der Waals surface area (Å²) in [4.78, 5) is 11.2. The molecule has 0 aliphatic heterocycles. The quantitative estimate of drug-likeness (QED) is 0.595. The smallest absolute Gasteiger partial charge is 0.323 e. The van der Waals surface area contributed by atoms with E-state index < -0.39 is 11.5 Å². The topological polar surface area (TPSA) is 72.5 Å². The number of hydrogen-bond donors (Lipinski definition) is 2. The normalized spacial score (nSPS) is 22.8. The summed E-state index contributed by atoms with van der Waals surface area (Å²) in [6.45, 7) is 0.821. The lowest BCUT2D eigenvalue weighted by atomic mass is 9.93. The van der Waals surface area contributed by atoms with Crippen LogP contribution in [0, 0.1) is 11.8 Å². The van der Waals surface area contributed by atoms with Crippen LogP contribution in [0.25, 0.3) is 0 Å². The van der Waals surface area contributed by atoms with Crippen molar-refractivity contribution < 1.29 is 14.6 Å². The van der Waals surface area contributed by atoms with Crippen molar-refractivity contribution in [1.29, 1.82) is 0 Å². The summed E-state index contributed by atoms with van der Waals surface area (Å²) in [5, 5.41) is 9.22. The maximum Gasteiger partial charge on any atom is 0.323 e. The molecule has 1 aliphatic carbocycles. The first-order valence-corrected chi connectivity index (χ1v) is 8.65. The van der Waals surface area contributed by atoms with Crippen molar-refractivity contribution in [2.24, 2.45) is 5.73 Å². The Hall–Kier alpha value is -1.83. The summed E-state index contributed by atoms with van der Waals surface area (Å²) >= 11 is 0. The molecular weight excluding hydrogens is 302 g/mol. The Kier molecular flexibility index (Phi) is 6.84. The second-order valence-electron chi connectivity index (χ2n) is 6.63. The second-order valence-corrected chi connectivity index (χ2v) is 6.63. The van der Waals surface area contributed by atoms with Crippen molar-refractivity contribution in [1.82, 2.24) is 0 Å². The van der Waals surface area contributed by atoms with Crippen LogP contribution in [0.5, 0.6) is 0 Å². The van der Waals surface area contributed by atoms with Gasteiger partial charge in [-0.1, -0.05) is 30.4 Å². The minimum atomic E-state index is -1.06. The van der Waals surface area contributed by atoms with Crippen molar-refractivity contribution in [3.05, 3.63) is 35.4 Å². The summed E-state index contributed by atoms with van der Waals surface area (Å²) in [6, 6.07) is 8.15. The molecule has 130 valence electrons. The predicted octanol–water partition coefficient (Wildman–Crippen LogP) is 3.29. The number of aliphatic carboxylic acids is 1. The minimum absolute atomic E-state index is 0.230. The van der Waals surface area contributed by atoms with E-state index in [1.165, 1.54) is 0 Å². The average Bonchev–Trinajstić information content (AvgIpc) is 2.98. The van der Waals surface area contributed by atoms with Crippen LogP contribution in [-0.2, 0) is 9.53 Å². The maximum atomic E-state index is 11.2. The molecule has 1 aromatic rings. The van der Waals surface area contributed by atoms with Crippen LogP contribution in [0.2, 0.25) is 0 Å². The lowest BCUT2D eigenvalue weighted by molar-refractivity contribution is -0.143. The lowest BCUT2D eigenvalue weighted by Gasteiger charge is -2.18. The molecule has 1 saturated carbocycles. The molecule has 0 aromatic heterocycles. The van der Waals surface area contributed by atoms with E-state index in [1.807, 2.05) is 12.1 Å². The number of rotatable bonds is 7. The molecule has 3 N–H and O–H groups in total. The molecule has 1 aromatic carbocycles. The van der Waals surface area contributed by atoms with E-state index in [1.54, 1.807) is 7.11 Å². The highest BCUT2D eigenvalue weighted by atomic mass is 16.5. The molecule has 0 bridgehead atoms. The molecule has 0 unspecified atom stereocenters. The van der Waals surface area contributed by atoms with Gasteiger partial charge in [-0.2, -0.15) is 0 Å². The van der Waals surface area contributed by atoms with Crippen LogP contribution in [0.15, 0.2) is 24.3 Å². The molecule has 1 fully saturated rings. The van der Waals surface area contributed by atoms with Gasteiger partial charge in [0.05, 0.1) is 0 Å². The van der Waals surface area contributed by atoms with Gasteiger partial charge in [-0.15, -0.1) is 0 Å². The summed E-state index contributed by atoms with van der Waals surface area (Å²) in [7, 11) is 1.73. The van der Waals surface area contributed by atoms with Gasteiger partial charge in [0, 0.05) is 25.7 Å². The van der Waals surface area contributed by atoms with Crippen LogP contribution < -0.4 is 5.73 Å². The fourth-order valence-corrected chi connectivity index (χ4v) is 3.19. The molecule has 4 nitrogen and oxygen atoms in total. The minimum Gasteiger partial charge on any atom is -0.480 e. The third-order valence-electron chi connectivity index (χ3n) is 4.74. The first-order chi connectivity index (χ1) is 11.5. The number of carbonyl (C=O) groups is 1. The molecule has 4 heteroatoms. The van der Waals surface area contributed by atoms with E-state index in [9.17, 15) is 9.90 Å². The number of nitrogens with two attached hydrogens (primary N) is 1. The Morgan fingerprint density at radius 3 is 2.71 bits per heavy atom. The lowest BCUT2D eigenvalue weighted by Crippen LogP contribution is -2.45. The number of carboxylic acid groups (broad SMARTS) is 1. The standard InChI is InChI=1S/C20H27NO3/c1-24-14-6-4-2-3-5-7-16-8-10-17(11-9-16)18-12-13-20(21,15-18)19(22)23/h8-11,18H,2-4,6,12-15,21H2,1H3,(H,22,23)/t18-,20+/m0/s1. The molecule has 24 heavy (non-hydrogen) atoms. The molecule has 0 saturated heterocycles. The largest absolute Gasteiger partial charge is 0.480 e. The average molecular weight is 329 g/mol.